The molecule has 194 valence electrons. The first-order chi connectivity index (χ1) is 17.1. The molecule has 4 heteroatoms. The molecule has 1 aliphatic carbocycles. The first-order valence-electron chi connectivity index (χ1n) is 14.4. The van der Waals surface area contributed by atoms with Crippen LogP contribution >= 0.6 is 0 Å². The summed E-state index contributed by atoms with van der Waals surface area (Å²) in [6.07, 6.45) is 20.3. The molecule has 0 saturated heterocycles. The van der Waals surface area contributed by atoms with E-state index in [2.05, 4.69) is 24.0 Å². The minimum Gasteiger partial charge on any atom is -0.203 e. The lowest BCUT2D eigenvalue weighted by Crippen LogP contribution is -2.15. The SMILES string of the molecule is CCCCCCCc1ccc(-c2ccc(CCC3CCC(CCCCCC)CC3)c(F)c2F)nn1. The van der Waals surface area contributed by atoms with Crippen LogP contribution in [0.15, 0.2) is 24.3 Å². The lowest BCUT2D eigenvalue weighted by molar-refractivity contribution is 0.248. The van der Waals surface area contributed by atoms with Gasteiger partial charge in [0.05, 0.1) is 11.4 Å². The maximum absolute atomic E-state index is 14.9. The Morgan fingerprint density at radius 2 is 1.31 bits per heavy atom. The normalized spacial score (nSPS) is 18.2. The minimum atomic E-state index is -0.792. The Labute approximate surface area is 212 Å². The van der Waals surface area contributed by atoms with Gasteiger partial charge < -0.3 is 0 Å². The van der Waals surface area contributed by atoms with E-state index in [1.165, 1.54) is 83.5 Å². The van der Waals surface area contributed by atoms with E-state index in [0.717, 1.165) is 30.9 Å². The topological polar surface area (TPSA) is 25.8 Å². The van der Waals surface area contributed by atoms with E-state index in [-0.39, 0.29) is 5.56 Å². The van der Waals surface area contributed by atoms with E-state index in [9.17, 15) is 8.78 Å². The van der Waals surface area contributed by atoms with Crippen LogP contribution in [-0.2, 0) is 12.8 Å². The van der Waals surface area contributed by atoms with Crippen molar-refractivity contribution in [2.24, 2.45) is 11.8 Å². The molecule has 2 aromatic rings. The third-order valence-corrected chi connectivity index (χ3v) is 7.95. The van der Waals surface area contributed by atoms with Crippen LogP contribution in [0, 0.1) is 23.5 Å². The van der Waals surface area contributed by atoms with Crippen molar-refractivity contribution in [2.45, 2.75) is 123 Å². The van der Waals surface area contributed by atoms with Crippen LogP contribution in [0.2, 0.25) is 0 Å². The Balaban J connectivity index is 1.46. The highest BCUT2D eigenvalue weighted by atomic mass is 19.2. The molecule has 0 aliphatic heterocycles. The molecule has 0 unspecified atom stereocenters. The van der Waals surface area contributed by atoms with Gasteiger partial charge in [-0.3, -0.25) is 0 Å². The van der Waals surface area contributed by atoms with Gasteiger partial charge in [-0.1, -0.05) is 103 Å². The standard InChI is InChI=1S/C31H46F2N2/c1-3-5-7-9-11-13-27-21-23-29(35-34-27)28-22-20-26(30(32)31(28)33)19-18-25-16-14-24(15-17-25)12-10-8-6-4-2/h20-25H,3-19H2,1-2H3. The number of hydrogen-bond donors (Lipinski definition) is 0. The highest BCUT2D eigenvalue weighted by molar-refractivity contribution is 5.60. The molecule has 1 saturated carbocycles. The molecule has 35 heavy (non-hydrogen) atoms. The van der Waals surface area contributed by atoms with Gasteiger partial charge in [-0.25, -0.2) is 8.78 Å². The molecule has 0 radical (unpaired) electrons. The molecule has 0 bridgehead atoms. The summed E-state index contributed by atoms with van der Waals surface area (Å²) in [5.41, 5.74) is 2.01. The summed E-state index contributed by atoms with van der Waals surface area (Å²) in [6.45, 7) is 4.47. The van der Waals surface area contributed by atoms with Crippen molar-refractivity contribution in [3.05, 3.63) is 47.2 Å². The van der Waals surface area contributed by atoms with Gasteiger partial charge >= 0.3 is 0 Å². The van der Waals surface area contributed by atoms with Crippen LogP contribution in [0.3, 0.4) is 0 Å². The number of nitrogens with zero attached hydrogens (tertiary/aromatic N) is 2. The molecule has 0 spiro atoms. The highest BCUT2D eigenvalue weighted by Gasteiger charge is 2.22. The summed E-state index contributed by atoms with van der Waals surface area (Å²) < 4.78 is 29.8. The molecule has 1 aromatic carbocycles. The Morgan fingerprint density at radius 1 is 0.657 bits per heavy atom. The zero-order chi connectivity index (χ0) is 24.9. The Hall–Kier alpha value is -1.84. The molecule has 1 aromatic heterocycles. The number of benzene rings is 1. The number of aryl methyl sites for hydroxylation is 2. The average molecular weight is 485 g/mol. The van der Waals surface area contributed by atoms with Gasteiger partial charge in [0.15, 0.2) is 11.6 Å². The highest BCUT2D eigenvalue weighted by Crippen LogP contribution is 2.35. The molecule has 3 rings (SSSR count). The number of unbranched alkanes of at least 4 members (excludes halogenated alkanes) is 7. The van der Waals surface area contributed by atoms with Crippen molar-refractivity contribution in [1.82, 2.24) is 10.2 Å². The van der Waals surface area contributed by atoms with Crippen LogP contribution in [0.5, 0.6) is 0 Å². The lowest BCUT2D eigenvalue weighted by Gasteiger charge is -2.28. The van der Waals surface area contributed by atoms with Crippen molar-refractivity contribution in [1.29, 1.82) is 0 Å². The smallest absolute Gasteiger partial charge is 0.168 e. The molecule has 0 amide bonds. The van der Waals surface area contributed by atoms with Gasteiger partial charge in [-0.2, -0.15) is 10.2 Å². The first-order valence-corrected chi connectivity index (χ1v) is 14.4. The molecule has 2 nitrogen and oxygen atoms in total. The zero-order valence-corrected chi connectivity index (χ0v) is 22.1. The molecule has 1 aliphatic rings. The Kier molecular flexibility index (Phi) is 12.1. The van der Waals surface area contributed by atoms with Gasteiger partial charge in [0.2, 0.25) is 0 Å². The van der Waals surface area contributed by atoms with Crippen molar-refractivity contribution >= 4 is 0 Å². The van der Waals surface area contributed by atoms with E-state index in [1.807, 2.05) is 6.07 Å². The maximum Gasteiger partial charge on any atom is 0.168 e. The molecular formula is C31H46F2N2. The number of halogens is 2. The summed E-state index contributed by atoms with van der Waals surface area (Å²) in [7, 11) is 0. The van der Waals surface area contributed by atoms with Gasteiger partial charge in [0.1, 0.15) is 0 Å². The Morgan fingerprint density at radius 3 is 1.97 bits per heavy atom. The molecule has 1 heterocycles. The number of rotatable bonds is 15. The van der Waals surface area contributed by atoms with E-state index >= 15 is 0 Å². The number of hydrogen-bond acceptors (Lipinski definition) is 2. The van der Waals surface area contributed by atoms with E-state index < -0.39 is 11.6 Å². The maximum atomic E-state index is 14.9. The molecule has 1 fully saturated rings. The largest absolute Gasteiger partial charge is 0.203 e. The third kappa shape index (κ3) is 8.95. The van der Waals surface area contributed by atoms with Crippen LogP contribution in [0.25, 0.3) is 11.3 Å². The summed E-state index contributed by atoms with van der Waals surface area (Å²) >= 11 is 0. The van der Waals surface area contributed by atoms with Gasteiger partial charge in [0, 0.05) is 5.56 Å². The quantitative estimate of drug-likeness (QED) is 0.235. The van der Waals surface area contributed by atoms with E-state index in [0.29, 0.717) is 23.6 Å². The predicted molar refractivity (Wildman–Crippen MR) is 142 cm³/mol. The summed E-state index contributed by atoms with van der Waals surface area (Å²) in [6, 6.07) is 7.09. The fourth-order valence-corrected chi connectivity index (χ4v) is 5.56. The van der Waals surface area contributed by atoms with Crippen molar-refractivity contribution in [2.75, 3.05) is 0 Å². The van der Waals surface area contributed by atoms with Crippen LogP contribution in [0.4, 0.5) is 8.78 Å². The summed E-state index contributed by atoms with van der Waals surface area (Å²) in [5, 5.41) is 8.46. The minimum absolute atomic E-state index is 0.205. The van der Waals surface area contributed by atoms with Crippen LogP contribution in [0.1, 0.15) is 121 Å². The fourth-order valence-electron chi connectivity index (χ4n) is 5.56. The monoisotopic (exact) mass is 484 g/mol. The van der Waals surface area contributed by atoms with Crippen LogP contribution in [-0.4, -0.2) is 10.2 Å². The first kappa shape index (κ1) is 27.7. The Bertz CT molecular complexity index is 857. The molecular weight excluding hydrogens is 438 g/mol. The second-order valence-electron chi connectivity index (χ2n) is 10.7. The van der Waals surface area contributed by atoms with Crippen molar-refractivity contribution in [3.8, 4) is 11.3 Å². The third-order valence-electron chi connectivity index (χ3n) is 7.95. The summed E-state index contributed by atoms with van der Waals surface area (Å²) in [5.74, 6) is 0.0170. The fraction of sp³-hybridized carbons (Fsp3) is 0.677. The number of aromatic nitrogens is 2. The second kappa shape index (κ2) is 15.3. The van der Waals surface area contributed by atoms with E-state index in [4.69, 9.17) is 0 Å². The summed E-state index contributed by atoms with van der Waals surface area (Å²) in [4.78, 5) is 0. The molecule has 0 N–H and O–H groups in total. The molecule has 0 atom stereocenters. The van der Waals surface area contributed by atoms with Crippen molar-refractivity contribution < 1.29 is 8.78 Å². The van der Waals surface area contributed by atoms with Crippen LogP contribution < -0.4 is 0 Å². The lowest BCUT2D eigenvalue weighted by atomic mass is 9.77. The average Bonchev–Trinajstić information content (AvgIpc) is 2.89. The van der Waals surface area contributed by atoms with Crippen molar-refractivity contribution in [3.63, 3.8) is 0 Å². The second-order valence-corrected chi connectivity index (χ2v) is 10.7. The van der Waals surface area contributed by atoms with Gasteiger partial charge in [0.25, 0.3) is 0 Å². The van der Waals surface area contributed by atoms with E-state index in [1.54, 1.807) is 18.2 Å². The predicted octanol–water partition coefficient (Wildman–Crippen LogP) is 9.64. The zero-order valence-electron chi connectivity index (χ0n) is 22.1. The van der Waals surface area contributed by atoms with Gasteiger partial charge in [-0.05, 0) is 61.3 Å². The van der Waals surface area contributed by atoms with Gasteiger partial charge in [-0.15, -0.1) is 0 Å².